The molecule has 0 aromatic heterocycles. The molecule has 2 rings (SSSR count). The van der Waals surface area contributed by atoms with Crippen LogP contribution in [0.25, 0.3) is 0 Å². The number of thioether (sulfide) groups is 1. The summed E-state index contributed by atoms with van der Waals surface area (Å²) < 4.78 is 0. The maximum Gasteiger partial charge on any atom is 0.180 e. The third-order valence-corrected chi connectivity index (χ3v) is 4.24. The molecule has 0 saturated heterocycles. The van der Waals surface area contributed by atoms with Gasteiger partial charge in [0.2, 0.25) is 0 Å². The predicted molar refractivity (Wildman–Crippen MR) is 96.0 cm³/mol. The molecule has 0 heterocycles. The van der Waals surface area contributed by atoms with Crippen molar-refractivity contribution in [2.45, 2.75) is 11.1 Å². The van der Waals surface area contributed by atoms with Crippen molar-refractivity contribution < 1.29 is 0 Å². The number of nitrogens with zero attached hydrogens (tertiary/aromatic N) is 2. The molecule has 0 saturated carbocycles. The summed E-state index contributed by atoms with van der Waals surface area (Å²) in [7, 11) is 0. The van der Waals surface area contributed by atoms with Gasteiger partial charge in [0.05, 0.1) is 6.21 Å². The van der Waals surface area contributed by atoms with E-state index in [-0.39, 0.29) is 0 Å². The number of halogens is 1. The molecule has 0 aliphatic rings. The fraction of sp³-hybridized carbons (Fsp3) is 0.125. The van der Waals surface area contributed by atoms with E-state index in [0.717, 1.165) is 16.6 Å². The zero-order chi connectivity index (χ0) is 14.9. The number of nitrogens with two attached hydrogens (primary N) is 1. The lowest BCUT2D eigenvalue weighted by molar-refractivity contribution is 1.24. The van der Waals surface area contributed by atoms with E-state index >= 15 is 0 Å². The van der Waals surface area contributed by atoms with Crippen molar-refractivity contribution in [2.75, 3.05) is 0 Å². The van der Waals surface area contributed by atoms with Crippen LogP contribution in [0.1, 0.15) is 16.7 Å². The normalized spacial score (nSPS) is 12.0. The molecule has 0 fully saturated rings. The highest BCUT2D eigenvalue weighted by Gasteiger charge is 1.97. The lowest BCUT2D eigenvalue weighted by Crippen LogP contribution is -2.06. The number of hydrogen-bond acceptors (Lipinski definition) is 3. The SMILES string of the molecule is NC(=NN=Cc1ccccc1CBr)SCc1ccccc1. The zero-order valence-electron chi connectivity index (χ0n) is 11.4. The van der Waals surface area contributed by atoms with Crippen molar-refractivity contribution >= 4 is 39.1 Å². The molecule has 21 heavy (non-hydrogen) atoms. The number of hydrogen-bond donors (Lipinski definition) is 1. The third kappa shape index (κ3) is 5.36. The summed E-state index contributed by atoms with van der Waals surface area (Å²) in [6.07, 6.45) is 1.73. The Bertz CT molecular complexity index is 626. The highest BCUT2D eigenvalue weighted by atomic mass is 79.9. The molecule has 108 valence electrons. The maximum absolute atomic E-state index is 5.85. The van der Waals surface area contributed by atoms with Crippen LogP contribution in [0.4, 0.5) is 0 Å². The Morgan fingerprint density at radius 2 is 1.81 bits per heavy atom. The van der Waals surface area contributed by atoms with Crippen LogP contribution in [0.15, 0.2) is 64.8 Å². The van der Waals surface area contributed by atoms with Gasteiger partial charge in [0.15, 0.2) is 5.17 Å². The van der Waals surface area contributed by atoms with Crippen LogP contribution in [-0.2, 0) is 11.1 Å². The van der Waals surface area contributed by atoms with Crippen molar-refractivity contribution in [1.82, 2.24) is 0 Å². The van der Waals surface area contributed by atoms with Crippen LogP contribution >= 0.6 is 27.7 Å². The zero-order valence-corrected chi connectivity index (χ0v) is 13.8. The quantitative estimate of drug-likeness (QED) is 0.376. The summed E-state index contributed by atoms with van der Waals surface area (Å²) in [6.45, 7) is 0. The first-order chi connectivity index (χ1) is 10.3. The van der Waals surface area contributed by atoms with E-state index in [1.807, 2.05) is 42.5 Å². The summed E-state index contributed by atoms with van der Waals surface area (Å²) >= 11 is 4.93. The molecule has 0 spiro atoms. The average molecular weight is 362 g/mol. The minimum absolute atomic E-state index is 0.464. The van der Waals surface area contributed by atoms with Gasteiger partial charge in [-0.1, -0.05) is 82.3 Å². The van der Waals surface area contributed by atoms with Gasteiger partial charge in [-0.25, -0.2) is 0 Å². The van der Waals surface area contributed by atoms with Crippen LogP contribution in [-0.4, -0.2) is 11.4 Å². The van der Waals surface area contributed by atoms with E-state index < -0.39 is 0 Å². The van der Waals surface area contributed by atoms with Crippen LogP contribution < -0.4 is 5.73 Å². The number of rotatable bonds is 5. The average Bonchev–Trinajstić information content (AvgIpc) is 2.54. The molecule has 3 nitrogen and oxygen atoms in total. The topological polar surface area (TPSA) is 50.7 Å². The molecule has 2 aromatic carbocycles. The Hall–Kier alpha value is -1.59. The van der Waals surface area contributed by atoms with Crippen LogP contribution in [0.3, 0.4) is 0 Å². The van der Waals surface area contributed by atoms with Gasteiger partial charge in [-0.15, -0.1) is 5.10 Å². The minimum Gasteiger partial charge on any atom is -0.377 e. The van der Waals surface area contributed by atoms with Crippen molar-refractivity contribution in [3.8, 4) is 0 Å². The van der Waals surface area contributed by atoms with Gasteiger partial charge in [0, 0.05) is 11.1 Å². The summed E-state index contributed by atoms with van der Waals surface area (Å²) in [5.74, 6) is 0.795. The van der Waals surface area contributed by atoms with Gasteiger partial charge >= 0.3 is 0 Å². The van der Waals surface area contributed by atoms with E-state index in [1.54, 1.807) is 6.21 Å². The standard InChI is InChI=1S/C16H16BrN3S/c17-10-14-8-4-5-9-15(14)11-19-20-16(18)21-12-13-6-2-1-3-7-13/h1-9,11H,10,12H2,(H2,18,20). The summed E-state index contributed by atoms with van der Waals surface area (Å²) in [6, 6.07) is 18.2. The Kier molecular flexibility index (Phi) is 6.50. The highest BCUT2D eigenvalue weighted by molar-refractivity contribution is 9.08. The van der Waals surface area contributed by atoms with Crippen molar-refractivity contribution in [3.63, 3.8) is 0 Å². The maximum atomic E-state index is 5.85. The van der Waals surface area contributed by atoms with Gasteiger partial charge in [-0.05, 0) is 16.7 Å². The molecule has 0 aliphatic carbocycles. The van der Waals surface area contributed by atoms with Gasteiger partial charge < -0.3 is 5.73 Å². The van der Waals surface area contributed by atoms with Gasteiger partial charge in [0.1, 0.15) is 0 Å². The second-order valence-electron chi connectivity index (χ2n) is 4.29. The van der Waals surface area contributed by atoms with Crippen LogP contribution in [0.5, 0.6) is 0 Å². The first-order valence-electron chi connectivity index (χ1n) is 6.46. The smallest absolute Gasteiger partial charge is 0.180 e. The van der Waals surface area contributed by atoms with E-state index in [1.165, 1.54) is 22.9 Å². The lowest BCUT2D eigenvalue weighted by Gasteiger charge is -2.00. The minimum atomic E-state index is 0.464. The molecule has 0 bridgehead atoms. The molecular weight excluding hydrogens is 346 g/mol. The largest absolute Gasteiger partial charge is 0.377 e. The molecule has 2 aromatic rings. The fourth-order valence-electron chi connectivity index (χ4n) is 1.69. The van der Waals surface area contributed by atoms with E-state index in [0.29, 0.717) is 5.17 Å². The van der Waals surface area contributed by atoms with Crippen molar-refractivity contribution in [2.24, 2.45) is 15.9 Å². The fourth-order valence-corrected chi connectivity index (χ4v) is 2.81. The summed E-state index contributed by atoms with van der Waals surface area (Å²) in [5.41, 5.74) is 9.28. The highest BCUT2D eigenvalue weighted by Crippen LogP contribution is 2.12. The van der Waals surface area contributed by atoms with E-state index in [9.17, 15) is 0 Å². The first kappa shape index (κ1) is 15.8. The van der Waals surface area contributed by atoms with E-state index in [4.69, 9.17) is 5.73 Å². The molecule has 5 heteroatoms. The van der Waals surface area contributed by atoms with Gasteiger partial charge in [-0.3, -0.25) is 0 Å². The second-order valence-corrected chi connectivity index (χ2v) is 5.85. The predicted octanol–water partition coefficient (Wildman–Crippen LogP) is 4.16. The second kappa shape index (κ2) is 8.64. The molecule has 2 N–H and O–H groups in total. The third-order valence-electron chi connectivity index (χ3n) is 2.78. The molecule has 0 atom stereocenters. The Balaban J connectivity index is 1.92. The number of benzene rings is 2. The summed E-state index contributed by atoms with van der Waals surface area (Å²) in [4.78, 5) is 0. The monoisotopic (exact) mass is 361 g/mol. The van der Waals surface area contributed by atoms with Crippen molar-refractivity contribution in [3.05, 3.63) is 71.3 Å². The van der Waals surface area contributed by atoms with Crippen LogP contribution in [0, 0.1) is 0 Å². The molecule has 0 radical (unpaired) electrons. The molecular formula is C16H16BrN3S. The Morgan fingerprint density at radius 1 is 1.10 bits per heavy atom. The number of alkyl halides is 1. The molecule has 0 amide bonds. The van der Waals surface area contributed by atoms with Crippen molar-refractivity contribution in [1.29, 1.82) is 0 Å². The van der Waals surface area contributed by atoms with Gasteiger partial charge in [0.25, 0.3) is 0 Å². The lowest BCUT2D eigenvalue weighted by atomic mass is 10.1. The Morgan fingerprint density at radius 3 is 2.57 bits per heavy atom. The molecule has 0 unspecified atom stereocenters. The van der Waals surface area contributed by atoms with Gasteiger partial charge in [-0.2, -0.15) is 5.10 Å². The molecule has 0 aliphatic heterocycles. The van der Waals surface area contributed by atoms with E-state index in [2.05, 4.69) is 38.3 Å². The van der Waals surface area contributed by atoms with Crippen LogP contribution in [0.2, 0.25) is 0 Å². The number of amidine groups is 1. The summed E-state index contributed by atoms with van der Waals surface area (Å²) in [5, 5.41) is 9.33. The first-order valence-corrected chi connectivity index (χ1v) is 8.57. The Labute approximate surface area is 137 Å².